The number of rotatable bonds is 13. The van der Waals surface area contributed by atoms with E-state index in [2.05, 4.69) is 10.6 Å². The number of aromatic hydroxyl groups is 1. The fourth-order valence-electron chi connectivity index (χ4n) is 3.75. The van der Waals surface area contributed by atoms with E-state index < -0.39 is 35.7 Å². The average molecular weight is 533 g/mol. The predicted octanol–water partition coefficient (Wildman–Crippen LogP) is 1.83. The number of carbonyl (C=O) groups is 4. The summed E-state index contributed by atoms with van der Waals surface area (Å²) in [5.41, 5.74) is 12.9. The first-order valence-corrected chi connectivity index (χ1v) is 12.5. The number of amides is 4. The van der Waals surface area contributed by atoms with Gasteiger partial charge in [-0.15, -0.1) is 0 Å². The van der Waals surface area contributed by atoms with Crippen molar-refractivity contribution in [3.63, 3.8) is 0 Å². The summed E-state index contributed by atoms with van der Waals surface area (Å²) in [6.07, 6.45) is 1.23. The maximum absolute atomic E-state index is 12.8. The van der Waals surface area contributed by atoms with Gasteiger partial charge in [0.25, 0.3) is 11.8 Å². The van der Waals surface area contributed by atoms with E-state index in [1.54, 1.807) is 24.3 Å². The van der Waals surface area contributed by atoms with Crippen LogP contribution in [0.3, 0.4) is 0 Å². The standard InChI is InChI=1S/C29H32N4O6/c1-2-15-39-23-13-5-19(6-14-23)17-25(27(31)36)33-29(38)21-9-7-20(8-10-21)28(37)32-24(26(30)35)16-18-3-11-22(34)12-4-18/h3-14,24-25,34H,2,15-17H2,1H3,(H2,30,35)(H2,31,36)(H,32,37)(H,33,38). The average Bonchev–Trinajstić information content (AvgIpc) is 2.92. The molecule has 0 aliphatic carbocycles. The van der Waals surface area contributed by atoms with Crippen molar-refractivity contribution in [2.75, 3.05) is 6.61 Å². The maximum atomic E-state index is 12.8. The number of phenols is 1. The van der Waals surface area contributed by atoms with Crippen LogP contribution in [0.5, 0.6) is 11.5 Å². The molecular weight excluding hydrogens is 500 g/mol. The second kappa shape index (κ2) is 13.6. The summed E-state index contributed by atoms with van der Waals surface area (Å²) in [7, 11) is 0. The topological polar surface area (TPSA) is 174 Å². The molecule has 2 atom stereocenters. The van der Waals surface area contributed by atoms with Gasteiger partial charge >= 0.3 is 0 Å². The van der Waals surface area contributed by atoms with E-state index >= 15 is 0 Å². The Morgan fingerprint density at radius 2 is 1.13 bits per heavy atom. The molecular formula is C29H32N4O6. The Morgan fingerprint density at radius 3 is 1.51 bits per heavy atom. The Hall–Kier alpha value is -4.86. The highest BCUT2D eigenvalue weighted by Gasteiger charge is 2.22. The van der Waals surface area contributed by atoms with Crippen LogP contribution in [0.1, 0.15) is 45.2 Å². The lowest BCUT2D eigenvalue weighted by Crippen LogP contribution is -2.46. The molecule has 4 amide bonds. The van der Waals surface area contributed by atoms with Crippen LogP contribution in [0.25, 0.3) is 0 Å². The smallest absolute Gasteiger partial charge is 0.251 e. The van der Waals surface area contributed by atoms with E-state index in [-0.39, 0.29) is 29.7 Å². The van der Waals surface area contributed by atoms with Crippen LogP contribution in [0.15, 0.2) is 72.8 Å². The van der Waals surface area contributed by atoms with Gasteiger partial charge in [0.05, 0.1) is 6.61 Å². The molecule has 10 heteroatoms. The van der Waals surface area contributed by atoms with Gasteiger partial charge in [-0.05, 0) is 66.1 Å². The molecule has 2 unspecified atom stereocenters. The van der Waals surface area contributed by atoms with Crippen LogP contribution in [-0.2, 0) is 22.4 Å². The van der Waals surface area contributed by atoms with E-state index in [0.29, 0.717) is 17.9 Å². The van der Waals surface area contributed by atoms with Gasteiger partial charge < -0.3 is 31.9 Å². The lowest BCUT2D eigenvalue weighted by Gasteiger charge is -2.17. The molecule has 0 bridgehead atoms. The maximum Gasteiger partial charge on any atom is 0.251 e. The molecule has 0 saturated heterocycles. The van der Waals surface area contributed by atoms with Crippen LogP contribution in [0.2, 0.25) is 0 Å². The molecule has 0 spiro atoms. The van der Waals surface area contributed by atoms with Crippen molar-refractivity contribution in [2.24, 2.45) is 11.5 Å². The summed E-state index contributed by atoms with van der Waals surface area (Å²) in [5, 5.41) is 14.6. The predicted molar refractivity (Wildman–Crippen MR) is 145 cm³/mol. The van der Waals surface area contributed by atoms with Gasteiger partial charge in [0.2, 0.25) is 11.8 Å². The highest BCUT2D eigenvalue weighted by Crippen LogP contribution is 2.15. The van der Waals surface area contributed by atoms with Crippen molar-refractivity contribution in [3.05, 3.63) is 95.1 Å². The molecule has 0 radical (unpaired) electrons. The Labute approximate surface area is 226 Å². The van der Waals surface area contributed by atoms with Gasteiger partial charge in [0, 0.05) is 24.0 Å². The molecule has 3 aromatic rings. The number of ether oxygens (including phenoxy) is 1. The van der Waals surface area contributed by atoms with E-state index in [4.69, 9.17) is 16.2 Å². The first kappa shape index (κ1) is 28.7. The first-order chi connectivity index (χ1) is 18.7. The molecule has 7 N–H and O–H groups in total. The minimum atomic E-state index is -0.978. The Morgan fingerprint density at radius 1 is 0.718 bits per heavy atom. The van der Waals surface area contributed by atoms with Crippen LogP contribution in [-0.4, -0.2) is 47.4 Å². The van der Waals surface area contributed by atoms with Crippen molar-refractivity contribution >= 4 is 23.6 Å². The minimum Gasteiger partial charge on any atom is -0.508 e. The number of primary amides is 2. The number of carbonyl (C=O) groups excluding carboxylic acids is 4. The van der Waals surface area contributed by atoms with E-state index in [9.17, 15) is 24.3 Å². The minimum absolute atomic E-state index is 0.0799. The molecule has 204 valence electrons. The van der Waals surface area contributed by atoms with E-state index in [1.165, 1.54) is 36.4 Å². The third-order valence-electron chi connectivity index (χ3n) is 5.92. The Balaban J connectivity index is 1.60. The fourth-order valence-corrected chi connectivity index (χ4v) is 3.75. The third kappa shape index (κ3) is 8.60. The SMILES string of the molecule is CCCOc1ccc(CC(NC(=O)c2ccc(C(=O)NC(Cc3ccc(O)cc3)C(N)=O)cc2)C(N)=O)cc1. The quantitative estimate of drug-likeness (QED) is 0.224. The van der Waals surface area contributed by atoms with Crippen LogP contribution in [0.4, 0.5) is 0 Å². The molecule has 3 rings (SSSR count). The molecule has 3 aromatic carbocycles. The Kier molecular flexibility index (Phi) is 10.0. The second-order valence-corrected chi connectivity index (χ2v) is 9.00. The van der Waals surface area contributed by atoms with Gasteiger partial charge in [-0.25, -0.2) is 0 Å². The van der Waals surface area contributed by atoms with Gasteiger partial charge in [-0.1, -0.05) is 31.2 Å². The molecule has 0 saturated carbocycles. The van der Waals surface area contributed by atoms with Crippen LogP contribution < -0.4 is 26.8 Å². The monoisotopic (exact) mass is 532 g/mol. The van der Waals surface area contributed by atoms with Crippen LogP contribution >= 0.6 is 0 Å². The molecule has 39 heavy (non-hydrogen) atoms. The summed E-state index contributed by atoms with van der Waals surface area (Å²) in [5.74, 6) is -1.69. The number of benzene rings is 3. The molecule has 10 nitrogen and oxygen atoms in total. The second-order valence-electron chi connectivity index (χ2n) is 9.00. The lowest BCUT2D eigenvalue weighted by atomic mass is 10.0. The van der Waals surface area contributed by atoms with Gasteiger partial charge in [0.15, 0.2) is 0 Å². The summed E-state index contributed by atoms with van der Waals surface area (Å²) in [4.78, 5) is 49.4. The lowest BCUT2D eigenvalue weighted by molar-refractivity contribution is -0.120. The first-order valence-electron chi connectivity index (χ1n) is 12.5. The summed E-state index contributed by atoms with van der Waals surface area (Å²) >= 11 is 0. The zero-order valence-corrected chi connectivity index (χ0v) is 21.6. The van der Waals surface area contributed by atoms with Gasteiger partial charge in [-0.3, -0.25) is 19.2 Å². The largest absolute Gasteiger partial charge is 0.508 e. The molecule has 0 heterocycles. The Bertz CT molecular complexity index is 1290. The molecule has 0 aliphatic rings. The van der Waals surface area contributed by atoms with Crippen molar-refractivity contribution in [3.8, 4) is 11.5 Å². The number of hydrogen-bond donors (Lipinski definition) is 5. The summed E-state index contributed by atoms with van der Waals surface area (Å²) in [6.45, 7) is 2.61. The fraction of sp³-hybridized carbons (Fsp3) is 0.241. The van der Waals surface area contributed by atoms with Crippen molar-refractivity contribution in [1.29, 1.82) is 0 Å². The number of phenolic OH excluding ortho intramolecular Hbond substituents is 1. The normalized spacial score (nSPS) is 12.1. The number of nitrogens with two attached hydrogens (primary N) is 2. The van der Waals surface area contributed by atoms with Crippen LogP contribution in [0, 0.1) is 0 Å². The number of nitrogens with one attached hydrogen (secondary N) is 2. The van der Waals surface area contributed by atoms with Crippen molar-refractivity contribution in [2.45, 2.75) is 38.3 Å². The summed E-state index contributed by atoms with van der Waals surface area (Å²) < 4.78 is 5.55. The highest BCUT2D eigenvalue weighted by molar-refractivity contribution is 6.00. The molecule has 0 fully saturated rings. The summed E-state index contributed by atoms with van der Waals surface area (Å²) in [6, 6.07) is 17.2. The zero-order valence-electron chi connectivity index (χ0n) is 21.6. The van der Waals surface area contributed by atoms with Gasteiger partial charge in [0.1, 0.15) is 23.6 Å². The highest BCUT2D eigenvalue weighted by atomic mass is 16.5. The van der Waals surface area contributed by atoms with E-state index in [1.807, 2.05) is 19.1 Å². The third-order valence-corrected chi connectivity index (χ3v) is 5.92. The van der Waals surface area contributed by atoms with Crippen molar-refractivity contribution in [1.82, 2.24) is 10.6 Å². The van der Waals surface area contributed by atoms with Crippen molar-refractivity contribution < 1.29 is 29.0 Å². The zero-order chi connectivity index (χ0) is 28.4. The van der Waals surface area contributed by atoms with Gasteiger partial charge in [-0.2, -0.15) is 0 Å². The van der Waals surface area contributed by atoms with E-state index in [0.717, 1.165) is 12.0 Å². The number of hydrogen-bond acceptors (Lipinski definition) is 6. The molecule has 0 aliphatic heterocycles. The molecule has 0 aromatic heterocycles.